The van der Waals surface area contributed by atoms with Gasteiger partial charge in [-0.2, -0.15) is 5.26 Å². The number of aryl methyl sites for hydroxylation is 1. The molecule has 1 aliphatic heterocycles. The second-order valence-electron chi connectivity index (χ2n) is 8.44. The second-order valence-corrected chi connectivity index (χ2v) is 10.8. The predicted molar refractivity (Wildman–Crippen MR) is 119 cm³/mol. The summed E-state index contributed by atoms with van der Waals surface area (Å²) in [5.41, 5.74) is 3.17. The van der Waals surface area contributed by atoms with Crippen molar-refractivity contribution in [3.63, 3.8) is 0 Å². The number of carbonyl (C=O) groups excluding carboxylic acids is 1. The van der Waals surface area contributed by atoms with E-state index in [1.807, 2.05) is 19.9 Å². The zero-order valence-corrected chi connectivity index (χ0v) is 19.8. The number of nitrogens with zero attached hydrogens (tertiary/aromatic N) is 4. The summed E-state index contributed by atoms with van der Waals surface area (Å²) in [4.78, 5) is 14.6. The zero-order valence-electron chi connectivity index (χ0n) is 19.0. The van der Waals surface area contributed by atoms with E-state index >= 15 is 0 Å². The molecule has 7 nitrogen and oxygen atoms in total. The fourth-order valence-corrected chi connectivity index (χ4v) is 5.02. The van der Waals surface area contributed by atoms with Gasteiger partial charge in [-0.1, -0.05) is 13.8 Å². The van der Waals surface area contributed by atoms with Crippen LogP contribution in [0.4, 0.5) is 0 Å². The maximum Gasteiger partial charge on any atom is 0.264 e. The number of hydrogen-bond donors (Lipinski definition) is 0. The Labute approximate surface area is 181 Å². The molecular weight excluding hydrogens is 400 g/mol. The summed E-state index contributed by atoms with van der Waals surface area (Å²) in [6.45, 7) is 11.8. The van der Waals surface area contributed by atoms with E-state index < -0.39 is 10.0 Å². The number of piperidine rings is 1. The number of sulfonamides is 1. The molecule has 0 saturated carbocycles. The third kappa shape index (κ3) is 5.32. The van der Waals surface area contributed by atoms with Gasteiger partial charge in [0, 0.05) is 44.1 Å². The van der Waals surface area contributed by atoms with Crippen LogP contribution in [0.15, 0.2) is 11.6 Å². The molecule has 2 heterocycles. The molecule has 1 amide bonds. The molecule has 0 N–H and O–H groups in total. The summed E-state index contributed by atoms with van der Waals surface area (Å²) >= 11 is 0. The summed E-state index contributed by atoms with van der Waals surface area (Å²) in [5, 5.41) is 9.62. The average molecular weight is 435 g/mol. The molecule has 1 aliphatic rings. The van der Waals surface area contributed by atoms with Gasteiger partial charge in [-0.05, 0) is 57.2 Å². The van der Waals surface area contributed by atoms with Gasteiger partial charge in [-0.25, -0.2) is 12.7 Å². The number of nitriles is 1. The van der Waals surface area contributed by atoms with Crippen LogP contribution in [-0.4, -0.2) is 60.0 Å². The highest BCUT2D eigenvalue weighted by atomic mass is 32.2. The van der Waals surface area contributed by atoms with Crippen LogP contribution in [0, 0.1) is 31.1 Å². The minimum atomic E-state index is -3.25. The minimum absolute atomic E-state index is 0.0686. The Morgan fingerprint density at radius 1 is 1.33 bits per heavy atom. The van der Waals surface area contributed by atoms with Crippen molar-refractivity contribution in [3.8, 4) is 6.07 Å². The third-order valence-corrected chi connectivity index (χ3v) is 7.79. The van der Waals surface area contributed by atoms with Gasteiger partial charge in [0.05, 0.1) is 5.75 Å². The molecule has 0 atom stereocenters. The van der Waals surface area contributed by atoms with E-state index in [0.717, 1.165) is 23.5 Å². The van der Waals surface area contributed by atoms with Crippen LogP contribution in [0.5, 0.6) is 0 Å². The highest BCUT2D eigenvalue weighted by Gasteiger charge is 2.31. The molecule has 2 rings (SSSR count). The molecule has 0 spiro atoms. The second kappa shape index (κ2) is 9.80. The summed E-state index contributed by atoms with van der Waals surface area (Å²) in [6, 6.07) is 3.97. The van der Waals surface area contributed by atoms with Gasteiger partial charge in [0.2, 0.25) is 10.0 Å². The first-order chi connectivity index (χ1) is 14.0. The Hall–Kier alpha value is -2.11. The first-order valence-corrected chi connectivity index (χ1v) is 12.2. The lowest BCUT2D eigenvalue weighted by atomic mass is 10.0. The van der Waals surface area contributed by atoms with Crippen LogP contribution in [-0.2, 0) is 21.4 Å². The summed E-state index contributed by atoms with van der Waals surface area (Å²) in [6.07, 6.45) is 2.83. The van der Waals surface area contributed by atoms with Crippen molar-refractivity contribution < 1.29 is 13.2 Å². The average Bonchev–Trinajstić information content (AvgIpc) is 2.97. The van der Waals surface area contributed by atoms with Crippen LogP contribution in [0.3, 0.4) is 0 Å². The van der Waals surface area contributed by atoms with E-state index in [9.17, 15) is 18.5 Å². The lowest BCUT2D eigenvalue weighted by molar-refractivity contribution is -0.127. The van der Waals surface area contributed by atoms with Crippen molar-refractivity contribution in [2.75, 3.05) is 25.9 Å². The predicted octanol–water partition coefficient (Wildman–Crippen LogP) is 2.94. The Kier molecular flexibility index (Phi) is 7.89. The van der Waals surface area contributed by atoms with E-state index in [-0.39, 0.29) is 23.3 Å². The molecule has 30 heavy (non-hydrogen) atoms. The number of carbonyl (C=O) groups is 1. The van der Waals surface area contributed by atoms with Crippen molar-refractivity contribution in [2.45, 2.75) is 60.0 Å². The van der Waals surface area contributed by atoms with Crippen molar-refractivity contribution in [1.82, 2.24) is 13.8 Å². The van der Waals surface area contributed by atoms with Crippen LogP contribution >= 0.6 is 0 Å². The molecule has 0 aliphatic carbocycles. The number of rotatable bonds is 7. The van der Waals surface area contributed by atoms with Crippen molar-refractivity contribution in [3.05, 3.63) is 28.6 Å². The summed E-state index contributed by atoms with van der Waals surface area (Å²) < 4.78 is 27.8. The molecular formula is C22H34N4O3S. The van der Waals surface area contributed by atoms with Crippen molar-refractivity contribution >= 4 is 22.0 Å². The minimum Gasteiger partial charge on any atom is -0.348 e. The van der Waals surface area contributed by atoms with Gasteiger partial charge >= 0.3 is 0 Å². The lowest BCUT2D eigenvalue weighted by Crippen LogP contribution is -2.47. The molecule has 1 fully saturated rings. The number of amides is 1. The van der Waals surface area contributed by atoms with E-state index in [2.05, 4.69) is 24.5 Å². The fourth-order valence-electron chi connectivity index (χ4n) is 3.95. The number of likely N-dealkylation sites (tertiary alicyclic amines) is 1. The highest BCUT2D eigenvalue weighted by Crippen LogP contribution is 2.23. The van der Waals surface area contributed by atoms with E-state index in [4.69, 9.17) is 0 Å². The monoisotopic (exact) mass is 434 g/mol. The first kappa shape index (κ1) is 24.2. The van der Waals surface area contributed by atoms with E-state index in [1.54, 1.807) is 24.9 Å². The van der Waals surface area contributed by atoms with Crippen LogP contribution in [0.1, 0.15) is 50.6 Å². The number of hydrogen-bond acceptors (Lipinski definition) is 4. The topological polar surface area (TPSA) is 86.4 Å². The molecule has 0 bridgehead atoms. The Balaban J connectivity index is 2.14. The Morgan fingerprint density at radius 3 is 2.43 bits per heavy atom. The van der Waals surface area contributed by atoms with Crippen molar-refractivity contribution in [2.24, 2.45) is 5.92 Å². The smallest absolute Gasteiger partial charge is 0.264 e. The van der Waals surface area contributed by atoms with Crippen LogP contribution in [0.2, 0.25) is 0 Å². The van der Waals surface area contributed by atoms with Crippen molar-refractivity contribution in [1.29, 1.82) is 5.26 Å². The van der Waals surface area contributed by atoms with Gasteiger partial charge < -0.3 is 9.47 Å². The Morgan fingerprint density at radius 2 is 1.93 bits per heavy atom. The molecule has 166 valence electrons. The van der Waals surface area contributed by atoms with E-state index in [1.165, 1.54) is 4.31 Å². The molecule has 1 aromatic heterocycles. The quantitative estimate of drug-likeness (QED) is 0.488. The molecule has 1 aromatic rings. The SMILES string of the molecule is CCS(=O)(=O)N(C)C1CCN(C(=O)C(C#N)=Cc2cc(C)n(CC(C)C)c2C)CC1. The van der Waals surface area contributed by atoms with Gasteiger partial charge in [0.25, 0.3) is 5.91 Å². The third-order valence-electron chi connectivity index (χ3n) is 5.88. The van der Waals surface area contributed by atoms with Crippen LogP contribution < -0.4 is 0 Å². The number of aromatic nitrogens is 1. The maximum atomic E-state index is 12.9. The summed E-state index contributed by atoms with van der Waals surface area (Å²) in [7, 11) is -1.64. The van der Waals surface area contributed by atoms with Crippen LogP contribution in [0.25, 0.3) is 6.08 Å². The lowest BCUT2D eigenvalue weighted by Gasteiger charge is -2.36. The standard InChI is InChI=1S/C22H34N4O3S/c1-7-30(28,29)24(6)21-8-10-25(11-9-21)22(27)20(14-23)13-19-12-17(4)26(18(19)5)15-16(2)3/h12-13,16,21H,7-11,15H2,1-6H3. The van der Waals surface area contributed by atoms with Gasteiger partial charge in [-0.15, -0.1) is 0 Å². The zero-order chi connectivity index (χ0) is 22.6. The maximum absolute atomic E-state index is 12.9. The van der Waals surface area contributed by atoms with Gasteiger partial charge in [-0.3, -0.25) is 4.79 Å². The van der Waals surface area contributed by atoms with Gasteiger partial charge in [0.15, 0.2) is 0 Å². The molecule has 8 heteroatoms. The normalized spacial score (nSPS) is 16.4. The fraction of sp³-hybridized carbons (Fsp3) is 0.636. The molecule has 0 radical (unpaired) electrons. The first-order valence-electron chi connectivity index (χ1n) is 10.5. The molecule has 0 aromatic carbocycles. The highest BCUT2D eigenvalue weighted by molar-refractivity contribution is 7.89. The van der Waals surface area contributed by atoms with E-state index in [0.29, 0.717) is 31.8 Å². The Bertz CT molecular complexity index is 946. The molecule has 1 saturated heterocycles. The molecule has 0 unspecified atom stereocenters. The largest absolute Gasteiger partial charge is 0.348 e. The van der Waals surface area contributed by atoms with Gasteiger partial charge in [0.1, 0.15) is 11.6 Å². The summed E-state index contributed by atoms with van der Waals surface area (Å²) in [5.74, 6) is 0.282.